The van der Waals surface area contributed by atoms with Gasteiger partial charge in [-0.3, -0.25) is 0 Å². The molecule has 0 atom stereocenters. The van der Waals surface area contributed by atoms with Crippen molar-refractivity contribution in [2.75, 3.05) is 55.9 Å². The molecular weight excluding hydrogens is 402 g/mol. The van der Waals surface area contributed by atoms with Crippen LogP contribution in [0.3, 0.4) is 0 Å². The van der Waals surface area contributed by atoms with Crippen LogP contribution >= 0.6 is 12.4 Å². The van der Waals surface area contributed by atoms with E-state index in [4.69, 9.17) is 20.2 Å². The number of hydrogen-bond acceptors (Lipinski definition) is 7. The minimum Gasteiger partial charge on any atom is -0.493 e. The summed E-state index contributed by atoms with van der Waals surface area (Å²) < 4.78 is 10.8. The van der Waals surface area contributed by atoms with E-state index >= 15 is 0 Å². The fourth-order valence-electron chi connectivity index (χ4n) is 3.82. The molecule has 0 bridgehead atoms. The molecular formula is C22H28ClN5O2. The average Bonchev–Trinajstić information content (AvgIpc) is 2.74. The molecule has 7 nitrogen and oxygen atoms in total. The number of anilines is 3. The van der Waals surface area contributed by atoms with Crippen LogP contribution < -0.4 is 25.0 Å². The quantitative estimate of drug-likeness (QED) is 0.678. The van der Waals surface area contributed by atoms with Crippen molar-refractivity contribution in [2.45, 2.75) is 13.8 Å². The van der Waals surface area contributed by atoms with Crippen molar-refractivity contribution in [3.8, 4) is 11.5 Å². The summed E-state index contributed by atoms with van der Waals surface area (Å²) >= 11 is 0. The van der Waals surface area contributed by atoms with Crippen LogP contribution in [0.25, 0.3) is 10.9 Å². The summed E-state index contributed by atoms with van der Waals surface area (Å²) in [6.45, 7) is 7.80. The maximum atomic E-state index is 6.25. The largest absolute Gasteiger partial charge is 0.493 e. The topological polar surface area (TPSA) is 76.7 Å². The van der Waals surface area contributed by atoms with Crippen LogP contribution in [-0.4, -0.2) is 50.4 Å². The molecule has 1 aromatic heterocycles. The van der Waals surface area contributed by atoms with E-state index in [1.54, 1.807) is 14.2 Å². The number of ether oxygens (including phenoxy) is 2. The summed E-state index contributed by atoms with van der Waals surface area (Å²) in [7, 11) is 3.21. The molecule has 0 amide bonds. The van der Waals surface area contributed by atoms with Gasteiger partial charge in [-0.1, -0.05) is 12.1 Å². The van der Waals surface area contributed by atoms with Gasteiger partial charge in [-0.05, 0) is 37.1 Å². The Morgan fingerprint density at radius 1 is 0.867 bits per heavy atom. The number of aromatic nitrogens is 2. The summed E-state index contributed by atoms with van der Waals surface area (Å²) in [5.74, 6) is 2.35. The molecule has 2 N–H and O–H groups in total. The van der Waals surface area contributed by atoms with E-state index in [0.717, 1.165) is 37.1 Å². The SMILES string of the molecule is COc1cc2nc(N3CCN(c4cc(C)ccc4C)CC3)nc(N)c2cc1OC.Cl. The number of halogens is 1. The van der Waals surface area contributed by atoms with Gasteiger partial charge < -0.3 is 25.0 Å². The van der Waals surface area contributed by atoms with E-state index in [9.17, 15) is 0 Å². The molecule has 8 heteroatoms. The normalized spacial score (nSPS) is 13.9. The number of hydrogen-bond donors (Lipinski definition) is 1. The Morgan fingerprint density at radius 2 is 1.50 bits per heavy atom. The van der Waals surface area contributed by atoms with Crippen LogP contribution in [0.4, 0.5) is 17.5 Å². The molecule has 1 fully saturated rings. The Morgan fingerprint density at radius 3 is 2.17 bits per heavy atom. The molecule has 2 aromatic carbocycles. The van der Waals surface area contributed by atoms with Gasteiger partial charge in [0.05, 0.1) is 19.7 Å². The van der Waals surface area contributed by atoms with Gasteiger partial charge in [-0.2, -0.15) is 4.98 Å². The van der Waals surface area contributed by atoms with Gasteiger partial charge in [0.25, 0.3) is 0 Å². The molecule has 4 rings (SSSR count). The van der Waals surface area contributed by atoms with E-state index in [-0.39, 0.29) is 12.4 Å². The minimum absolute atomic E-state index is 0. The highest BCUT2D eigenvalue weighted by molar-refractivity contribution is 5.91. The standard InChI is InChI=1S/C22H27N5O2.ClH/c1-14-5-6-15(2)18(11-14)26-7-9-27(10-8-26)22-24-17-13-20(29-4)19(28-3)12-16(17)21(23)25-22;/h5-6,11-13H,7-10H2,1-4H3,(H2,23,24,25);1H. The molecule has 160 valence electrons. The predicted octanol–water partition coefficient (Wildman–Crippen LogP) is 3.59. The molecule has 30 heavy (non-hydrogen) atoms. The third kappa shape index (κ3) is 4.03. The number of methoxy groups -OCH3 is 2. The Kier molecular flexibility index (Phi) is 6.41. The number of nitrogens with two attached hydrogens (primary N) is 1. The third-order valence-corrected chi connectivity index (χ3v) is 5.49. The maximum Gasteiger partial charge on any atom is 0.228 e. The molecule has 0 unspecified atom stereocenters. The number of nitrogens with zero attached hydrogens (tertiary/aromatic N) is 4. The molecule has 1 aliphatic heterocycles. The lowest BCUT2D eigenvalue weighted by Crippen LogP contribution is -2.47. The summed E-state index contributed by atoms with van der Waals surface area (Å²) in [6, 6.07) is 10.3. The van der Waals surface area contributed by atoms with Crippen molar-refractivity contribution in [3.05, 3.63) is 41.5 Å². The smallest absolute Gasteiger partial charge is 0.228 e. The molecule has 0 radical (unpaired) electrons. The van der Waals surface area contributed by atoms with Gasteiger partial charge in [0.2, 0.25) is 5.95 Å². The van der Waals surface area contributed by atoms with Crippen LogP contribution in [0.1, 0.15) is 11.1 Å². The average molecular weight is 430 g/mol. The maximum absolute atomic E-state index is 6.25. The molecule has 1 saturated heterocycles. The monoisotopic (exact) mass is 429 g/mol. The molecule has 0 spiro atoms. The van der Waals surface area contributed by atoms with E-state index in [1.165, 1.54) is 16.8 Å². The van der Waals surface area contributed by atoms with E-state index in [1.807, 2.05) is 12.1 Å². The molecule has 0 saturated carbocycles. The Balaban J connectivity index is 0.00000256. The van der Waals surface area contributed by atoms with Gasteiger partial charge in [0.15, 0.2) is 11.5 Å². The lowest BCUT2D eigenvalue weighted by atomic mass is 10.1. The second kappa shape index (κ2) is 8.83. The summed E-state index contributed by atoms with van der Waals surface area (Å²) in [5.41, 5.74) is 10.9. The second-order valence-corrected chi connectivity index (χ2v) is 7.40. The zero-order valence-corrected chi connectivity index (χ0v) is 18.6. The lowest BCUT2D eigenvalue weighted by molar-refractivity contribution is 0.356. The first kappa shape index (κ1) is 21.8. The van der Waals surface area contributed by atoms with Gasteiger partial charge in [-0.15, -0.1) is 12.4 Å². The Hall–Kier alpha value is -2.93. The van der Waals surface area contributed by atoms with Gasteiger partial charge in [-0.25, -0.2) is 4.98 Å². The molecule has 1 aliphatic rings. The summed E-state index contributed by atoms with van der Waals surface area (Å²) in [6.07, 6.45) is 0. The molecule has 2 heterocycles. The van der Waals surface area contributed by atoms with Gasteiger partial charge >= 0.3 is 0 Å². The van der Waals surface area contributed by atoms with Crippen LogP contribution in [-0.2, 0) is 0 Å². The first-order valence-corrected chi connectivity index (χ1v) is 9.76. The fraction of sp³-hybridized carbons (Fsp3) is 0.364. The van der Waals surface area contributed by atoms with Crippen molar-refractivity contribution in [3.63, 3.8) is 0 Å². The lowest BCUT2D eigenvalue weighted by Gasteiger charge is -2.37. The van der Waals surface area contributed by atoms with Crippen molar-refractivity contribution < 1.29 is 9.47 Å². The van der Waals surface area contributed by atoms with E-state index in [2.05, 4.69) is 46.8 Å². The van der Waals surface area contributed by atoms with Crippen LogP contribution in [0.5, 0.6) is 11.5 Å². The number of nitrogen functional groups attached to an aromatic ring is 1. The Bertz CT molecular complexity index is 1050. The third-order valence-electron chi connectivity index (χ3n) is 5.49. The number of fused-ring (bicyclic) bond motifs is 1. The summed E-state index contributed by atoms with van der Waals surface area (Å²) in [5, 5.41) is 0.764. The van der Waals surface area contributed by atoms with Crippen molar-refractivity contribution in [1.29, 1.82) is 0 Å². The van der Waals surface area contributed by atoms with Crippen molar-refractivity contribution in [2.24, 2.45) is 0 Å². The molecule has 3 aromatic rings. The van der Waals surface area contributed by atoms with Crippen molar-refractivity contribution in [1.82, 2.24) is 9.97 Å². The fourth-order valence-corrected chi connectivity index (χ4v) is 3.82. The zero-order chi connectivity index (χ0) is 20.5. The number of rotatable bonds is 4. The first-order valence-electron chi connectivity index (χ1n) is 9.76. The molecule has 0 aliphatic carbocycles. The van der Waals surface area contributed by atoms with E-state index < -0.39 is 0 Å². The van der Waals surface area contributed by atoms with Gasteiger partial charge in [0.1, 0.15) is 5.82 Å². The zero-order valence-electron chi connectivity index (χ0n) is 17.8. The van der Waals surface area contributed by atoms with Gasteiger partial charge in [0, 0.05) is 43.3 Å². The predicted molar refractivity (Wildman–Crippen MR) is 125 cm³/mol. The number of benzene rings is 2. The van der Waals surface area contributed by atoms with Crippen LogP contribution in [0, 0.1) is 13.8 Å². The highest BCUT2D eigenvalue weighted by atomic mass is 35.5. The van der Waals surface area contributed by atoms with Crippen molar-refractivity contribution >= 4 is 40.8 Å². The Labute approximate surface area is 183 Å². The minimum atomic E-state index is 0. The van der Waals surface area contributed by atoms with E-state index in [0.29, 0.717) is 23.3 Å². The number of piperazine rings is 1. The first-order chi connectivity index (χ1) is 14.0. The highest BCUT2D eigenvalue weighted by Crippen LogP contribution is 2.34. The number of aryl methyl sites for hydroxylation is 2. The highest BCUT2D eigenvalue weighted by Gasteiger charge is 2.22. The van der Waals surface area contributed by atoms with Crippen LogP contribution in [0.2, 0.25) is 0 Å². The summed E-state index contributed by atoms with van der Waals surface area (Å²) in [4.78, 5) is 13.9. The van der Waals surface area contributed by atoms with Crippen LogP contribution in [0.15, 0.2) is 30.3 Å². The second-order valence-electron chi connectivity index (χ2n) is 7.40.